The standard InChI is InChI=1S/C13H14FN3/c1-8-6-12(17-13(16-8)9(2)15)10-4-3-5-11(14)7-10/h3-7,9H,15H2,1-2H3. The maximum absolute atomic E-state index is 13.1. The van der Waals surface area contributed by atoms with Gasteiger partial charge in [0.05, 0.1) is 11.7 Å². The molecule has 2 N–H and O–H groups in total. The molecule has 1 atom stereocenters. The number of benzene rings is 1. The van der Waals surface area contributed by atoms with Crippen molar-refractivity contribution < 1.29 is 4.39 Å². The molecule has 4 heteroatoms. The molecule has 1 aromatic carbocycles. The molecule has 0 radical (unpaired) electrons. The van der Waals surface area contributed by atoms with E-state index in [0.29, 0.717) is 11.5 Å². The van der Waals surface area contributed by atoms with Crippen LogP contribution >= 0.6 is 0 Å². The van der Waals surface area contributed by atoms with Crippen LogP contribution in [0, 0.1) is 12.7 Å². The van der Waals surface area contributed by atoms with Crippen LogP contribution in [-0.4, -0.2) is 9.97 Å². The lowest BCUT2D eigenvalue weighted by atomic mass is 10.1. The highest BCUT2D eigenvalue weighted by Crippen LogP contribution is 2.19. The van der Waals surface area contributed by atoms with E-state index in [9.17, 15) is 4.39 Å². The van der Waals surface area contributed by atoms with E-state index in [-0.39, 0.29) is 11.9 Å². The van der Waals surface area contributed by atoms with Gasteiger partial charge in [0.2, 0.25) is 0 Å². The summed E-state index contributed by atoms with van der Waals surface area (Å²) in [5, 5.41) is 0. The van der Waals surface area contributed by atoms with E-state index < -0.39 is 0 Å². The number of aryl methyl sites for hydroxylation is 1. The van der Waals surface area contributed by atoms with Gasteiger partial charge < -0.3 is 5.73 Å². The second kappa shape index (κ2) is 4.59. The van der Waals surface area contributed by atoms with Crippen molar-refractivity contribution in [2.75, 3.05) is 0 Å². The van der Waals surface area contributed by atoms with Gasteiger partial charge in [-0.2, -0.15) is 0 Å². The molecule has 0 saturated heterocycles. The van der Waals surface area contributed by atoms with Gasteiger partial charge in [-0.15, -0.1) is 0 Å². The van der Waals surface area contributed by atoms with Gasteiger partial charge >= 0.3 is 0 Å². The largest absolute Gasteiger partial charge is 0.322 e. The van der Waals surface area contributed by atoms with Crippen LogP contribution in [0.15, 0.2) is 30.3 Å². The number of halogens is 1. The Hall–Kier alpha value is -1.81. The lowest BCUT2D eigenvalue weighted by molar-refractivity contribution is 0.628. The average molecular weight is 231 g/mol. The fourth-order valence-electron chi connectivity index (χ4n) is 1.59. The summed E-state index contributed by atoms with van der Waals surface area (Å²) in [6.45, 7) is 3.69. The molecular weight excluding hydrogens is 217 g/mol. The van der Waals surface area contributed by atoms with Gasteiger partial charge in [0.1, 0.15) is 11.6 Å². The highest BCUT2D eigenvalue weighted by Gasteiger charge is 2.08. The monoisotopic (exact) mass is 231 g/mol. The van der Waals surface area contributed by atoms with E-state index in [2.05, 4.69) is 9.97 Å². The predicted octanol–water partition coefficient (Wildman–Crippen LogP) is 2.61. The predicted molar refractivity (Wildman–Crippen MR) is 64.8 cm³/mol. The van der Waals surface area contributed by atoms with Crippen LogP contribution in [0.1, 0.15) is 24.5 Å². The third kappa shape index (κ3) is 2.65. The molecule has 0 aliphatic carbocycles. The Morgan fingerprint density at radius 1 is 1.24 bits per heavy atom. The third-order valence-corrected chi connectivity index (χ3v) is 2.40. The summed E-state index contributed by atoms with van der Waals surface area (Å²) in [5.74, 6) is 0.297. The van der Waals surface area contributed by atoms with Gasteiger partial charge in [0.15, 0.2) is 0 Å². The van der Waals surface area contributed by atoms with E-state index in [1.165, 1.54) is 12.1 Å². The Morgan fingerprint density at radius 2 is 2.00 bits per heavy atom. The van der Waals surface area contributed by atoms with E-state index in [1.807, 2.05) is 26.0 Å². The van der Waals surface area contributed by atoms with E-state index in [4.69, 9.17) is 5.73 Å². The number of hydrogen-bond acceptors (Lipinski definition) is 3. The average Bonchev–Trinajstić information content (AvgIpc) is 2.28. The molecule has 17 heavy (non-hydrogen) atoms. The molecule has 3 nitrogen and oxygen atoms in total. The van der Waals surface area contributed by atoms with Crippen molar-refractivity contribution in [3.63, 3.8) is 0 Å². The lowest BCUT2D eigenvalue weighted by Gasteiger charge is -2.08. The minimum Gasteiger partial charge on any atom is -0.322 e. The summed E-state index contributed by atoms with van der Waals surface area (Å²) in [7, 11) is 0. The van der Waals surface area contributed by atoms with Gasteiger partial charge in [0.25, 0.3) is 0 Å². The van der Waals surface area contributed by atoms with Crippen molar-refractivity contribution in [2.24, 2.45) is 5.73 Å². The Bertz CT molecular complexity index is 538. The summed E-state index contributed by atoms with van der Waals surface area (Å²) in [6, 6.07) is 7.92. The topological polar surface area (TPSA) is 51.8 Å². The maximum atomic E-state index is 13.1. The summed E-state index contributed by atoms with van der Waals surface area (Å²) in [6.07, 6.45) is 0. The molecule has 0 amide bonds. The quantitative estimate of drug-likeness (QED) is 0.864. The van der Waals surface area contributed by atoms with Crippen LogP contribution in [-0.2, 0) is 0 Å². The number of hydrogen-bond donors (Lipinski definition) is 1. The minimum atomic E-state index is -0.277. The Balaban J connectivity index is 2.52. The molecular formula is C13H14FN3. The summed E-state index contributed by atoms with van der Waals surface area (Å²) in [4.78, 5) is 8.59. The highest BCUT2D eigenvalue weighted by atomic mass is 19.1. The fourth-order valence-corrected chi connectivity index (χ4v) is 1.59. The molecule has 88 valence electrons. The van der Waals surface area contributed by atoms with Gasteiger partial charge in [-0.1, -0.05) is 12.1 Å². The molecule has 0 bridgehead atoms. The van der Waals surface area contributed by atoms with Crippen molar-refractivity contribution >= 4 is 0 Å². The molecule has 2 aromatic rings. The van der Waals surface area contributed by atoms with E-state index in [0.717, 1.165) is 11.3 Å². The molecule has 0 spiro atoms. The zero-order chi connectivity index (χ0) is 12.4. The molecule has 0 aliphatic heterocycles. The van der Waals surface area contributed by atoms with Crippen LogP contribution in [0.5, 0.6) is 0 Å². The van der Waals surface area contributed by atoms with Crippen molar-refractivity contribution in [3.05, 3.63) is 47.7 Å². The number of rotatable bonds is 2. The Kier molecular flexibility index (Phi) is 3.15. The van der Waals surface area contributed by atoms with Gasteiger partial charge in [0, 0.05) is 11.3 Å². The van der Waals surface area contributed by atoms with Crippen LogP contribution in [0.3, 0.4) is 0 Å². The van der Waals surface area contributed by atoms with Gasteiger partial charge in [-0.25, -0.2) is 14.4 Å². The van der Waals surface area contributed by atoms with Crippen LogP contribution < -0.4 is 5.73 Å². The first-order valence-corrected chi connectivity index (χ1v) is 5.43. The van der Waals surface area contributed by atoms with Crippen molar-refractivity contribution in [1.29, 1.82) is 0 Å². The first-order chi connectivity index (χ1) is 8.06. The molecule has 1 heterocycles. The smallest absolute Gasteiger partial charge is 0.145 e. The minimum absolute atomic E-state index is 0.234. The number of nitrogens with two attached hydrogens (primary N) is 1. The maximum Gasteiger partial charge on any atom is 0.145 e. The van der Waals surface area contributed by atoms with Crippen molar-refractivity contribution in [1.82, 2.24) is 9.97 Å². The second-order valence-corrected chi connectivity index (χ2v) is 4.05. The number of nitrogens with zero attached hydrogens (tertiary/aromatic N) is 2. The van der Waals surface area contributed by atoms with Crippen molar-refractivity contribution in [3.8, 4) is 11.3 Å². The van der Waals surface area contributed by atoms with Crippen LogP contribution in [0.25, 0.3) is 11.3 Å². The molecule has 2 rings (SSSR count). The van der Waals surface area contributed by atoms with Gasteiger partial charge in [-0.05, 0) is 32.0 Å². The van der Waals surface area contributed by atoms with Crippen molar-refractivity contribution in [2.45, 2.75) is 19.9 Å². The lowest BCUT2D eigenvalue weighted by Crippen LogP contribution is -2.11. The summed E-state index contributed by atoms with van der Waals surface area (Å²) >= 11 is 0. The molecule has 1 aromatic heterocycles. The third-order valence-electron chi connectivity index (χ3n) is 2.40. The second-order valence-electron chi connectivity index (χ2n) is 4.05. The first kappa shape index (κ1) is 11.7. The molecule has 0 saturated carbocycles. The summed E-state index contributed by atoms with van der Waals surface area (Å²) in [5.41, 5.74) is 8.02. The molecule has 0 fully saturated rings. The van der Waals surface area contributed by atoms with Crippen LogP contribution in [0.2, 0.25) is 0 Å². The molecule has 1 unspecified atom stereocenters. The van der Waals surface area contributed by atoms with Gasteiger partial charge in [-0.3, -0.25) is 0 Å². The fraction of sp³-hybridized carbons (Fsp3) is 0.231. The van der Waals surface area contributed by atoms with Crippen LogP contribution in [0.4, 0.5) is 4.39 Å². The van der Waals surface area contributed by atoms with E-state index >= 15 is 0 Å². The zero-order valence-electron chi connectivity index (χ0n) is 9.81. The summed E-state index contributed by atoms with van der Waals surface area (Å²) < 4.78 is 13.1. The Labute approximate surface area is 99.5 Å². The Morgan fingerprint density at radius 3 is 2.65 bits per heavy atom. The molecule has 0 aliphatic rings. The van der Waals surface area contributed by atoms with E-state index in [1.54, 1.807) is 6.07 Å². The first-order valence-electron chi connectivity index (χ1n) is 5.43. The normalized spacial score (nSPS) is 12.5. The zero-order valence-corrected chi connectivity index (χ0v) is 9.81. The number of aromatic nitrogens is 2. The SMILES string of the molecule is Cc1cc(-c2cccc(F)c2)nc(C(C)N)n1. The highest BCUT2D eigenvalue weighted by molar-refractivity contribution is 5.59.